The molecule has 0 radical (unpaired) electrons. The number of hydrogen-bond acceptors (Lipinski definition) is 4. The molecule has 1 aromatic rings. The molecule has 2 rings (SSSR count). The maximum atomic E-state index is 11.5. The molecule has 0 bridgehead atoms. The molecule has 0 unspecified atom stereocenters. The van der Waals surface area contributed by atoms with Crippen LogP contribution in [0.3, 0.4) is 0 Å². The van der Waals surface area contributed by atoms with E-state index in [0.717, 1.165) is 17.7 Å². The molecule has 1 aromatic carbocycles. The summed E-state index contributed by atoms with van der Waals surface area (Å²) in [7, 11) is 1.57. The number of aryl methyl sites for hydroxylation is 1. The van der Waals surface area contributed by atoms with Gasteiger partial charge in [0, 0.05) is 31.8 Å². The summed E-state index contributed by atoms with van der Waals surface area (Å²) in [6.07, 6.45) is 1.24. The summed E-state index contributed by atoms with van der Waals surface area (Å²) < 4.78 is 10.2. The summed E-state index contributed by atoms with van der Waals surface area (Å²) in [5.41, 5.74) is 1.85. The van der Waals surface area contributed by atoms with Gasteiger partial charge < -0.3 is 20.1 Å². The van der Waals surface area contributed by atoms with E-state index >= 15 is 0 Å². The Morgan fingerprint density at radius 1 is 1.40 bits per heavy atom. The van der Waals surface area contributed by atoms with Crippen molar-refractivity contribution in [2.45, 2.75) is 12.8 Å². The molecule has 2 N–H and O–H groups in total. The van der Waals surface area contributed by atoms with Gasteiger partial charge in [0.15, 0.2) is 6.61 Å². The summed E-state index contributed by atoms with van der Waals surface area (Å²) in [4.78, 5) is 22.8. The molecular weight excluding hydrogens is 260 g/mol. The monoisotopic (exact) mass is 278 g/mol. The van der Waals surface area contributed by atoms with Crippen LogP contribution in [0.4, 0.5) is 5.69 Å². The fourth-order valence-electron chi connectivity index (χ4n) is 1.93. The zero-order valence-corrected chi connectivity index (χ0v) is 11.4. The van der Waals surface area contributed by atoms with E-state index in [-0.39, 0.29) is 18.4 Å². The Morgan fingerprint density at radius 3 is 3.05 bits per heavy atom. The summed E-state index contributed by atoms with van der Waals surface area (Å²) in [5, 5.41) is 5.46. The van der Waals surface area contributed by atoms with E-state index in [4.69, 9.17) is 9.47 Å². The van der Waals surface area contributed by atoms with Crippen LogP contribution >= 0.6 is 0 Å². The van der Waals surface area contributed by atoms with Crippen LogP contribution in [0, 0.1) is 0 Å². The maximum absolute atomic E-state index is 11.5. The third kappa shape index (κ3) is 3.96. The minimum atomic E-state index is -0.205. The molecule has 2 amide bonds. The van der Waals surface area contributed by atoms with Crippen molar-refractivity contribution >= 4 is 17.5 Å². The highest BCUT2D eigenvalue weighted by molar-refractivity contribution is 5.94. The number of benzene rings is 1. The lowest BCUT2D eigenvalue weighted by atomic mass is 10.0. The van der Waals surface area contributed by atoms with Crippen molar-refractivity contribution in [1.29, 1.82) is 0 Å². The van der Waals surface area contributed by atoms with Crippen LogP contribution in [0.1, 0.15) is 12.0 Å². The zero-order chi connectivity index (χ0) is 14.4. The summed E-state index contributed by atoms with van der Waals surface area (Å²) in [6.45, 7) is 0.867. The zero-order valence-electron chi connectivity index (χ0n) is 11.4. The first-order valence-corrected chi connectivity index (χ1v) is 6.50. The third-order valence-corrected chi connectivity index (χ3v) is 2.98. The molecule has 20 heavy (non-hydrogen) atoms. The van der Waals surface area contributed by atoms with Gasteiger partial charge in [-0.05, 0) is 18.1 Å². The van der Waals surface area contributed by atoms with Gasteiger partial charge in [-0.15, -0.1) is 0 Å². The van der Waals surface area contributed by atoms with Gasteiger partial charge in [0.1, 0.15) is 5.75 Å². The molecule has 1 heterocycles. The van der Waals surface area contributed by atoms with E-state index in [1.807, 2.05) is 6.07 Å². The minimum absolute atomic E-state index is 0.00644. The number of amides is 2. The number of anilines is 1. The van der Waals surface area contributed by atoms with Gasteiger partial charge in [-0.25, -0.2) is 0 Å². The Hall–Kier alpha value is -2.08. The van der Waals surface area contributed by atoms with Gasteiger partial charge in [0.25, 0.3) is 5.91 Å². The van der Waals surface area contributed by atoms with Gasteiger partial charge >= 0.3 is 0 Å². The number of fused-ring (bicyclic) bond motifs is 1. The van der Waals surface area contributed by atoms with E-state index in [9.17, 15) is 9.59 Å². The summed E-state index contributed by atoms with van der Waals surface area (Å²) in [5.74, 6) is 0.364. The molecule has 0 aliphatic carbocycles. The van der Waals surface area contributed by atoms with E-state index < -0.39 is 0 Å². The van der Waals surface area contributed by atoms with Crippen LogP contribution in [0.25, 0.3) is 0 Å². The predicted molar refractivity (Wildman–Crippen MR) is 73.8 cm³/mol. The molecule has 0 saturated heterocycles. The Bertz CT molecular complexity index is 502. The Kier molecular flexibility index (Phi) is 4.95. The van der Waals surface area contributed by atoms with Crippen molar-refractivity contribution in [3.8, 4) is 5.75 Å². The second-order valence-corrected chi connectivity index (χ2v) is 4.50. The highest BCUT2D eigenvalue weighted by Gasteiger charge is 2.15. The smallest absolute Gasteiger partial charge is 0.258 e. The molecule has 0 saturated carbocycles. The van der Waals surface area contributed by atoms with Gasteiger partial charge in [0.2, 0.25) is 5.91 Å². The van der Waals surface area contributed by atoms with E-state index in [1.165, 1.54) is 0 Å². The molecular formula is C14H18N2O4. The number of rotatable bonds is 6. The number of hydrogen-bond donors (Lipinski definition) is 2. The second-order valence-electron chi connectivity index (χ2n) is 4.50. The number of carbonyl (C=O) groups excluding carboxylic acids is 2. The minimum Gasteiger partial charge on any atom is -0.484 e. The van der Waals surface area contributed by atoms with E-state index in [0.29, 0.717) is 25.3 Å². The Balaban J connectivity index is 1.86. The molecule has 0 spiro atoms. The van der Waals surface area contributed by atoms with E-state index in [2.05, 4.69) is 10.6 Å². The molecule has 6 heteroatoms. The maximum Gasteiger partial charge on any atom is 0.258 e. The normalized spacial score (nSPS) is 13.3. The predicted octanol–water partition coefficient (Wildman–Crippen LogP) is 0.713. The molecule has 1 aliphatic rings. The van der Waals surface area contributed by atoms with Crippen LogP contribution in [-0.4, -0.2) is 38.7 Å². The van der Waals surface area contributed by atoms with Crippen LogP contribution in [-0.2, 0) is 20.7 Å². The third-order valence-electron chi connectivity index (χ3n) is 2.98. The first-order valence-electron chi connectivity index (χ1n) is 6.50. The highest BCUT2D eigenvalue weighted by atomic mass is 16.5. The lowest BCUT2D eigenvalue weighted by Gasteiger charge is -2.17. The summed E-state index contributed by atoms with van der Waals surface area (Å²) in [6, 6.07) is 5.46. The van der Waals surface area contributed by atoms with Crippen molar-refractivity contribution in [2.24, 2.45) is 0 Å². The first kappa shape index (κ1) is 14.3. The molecule has 6 nitrogen and oxygen atoms in total. The lowest BCUT2D eigenvalue weighted by molar-refractivity contribution is -0.123. The van der Waals surface area contributed by atoms with Crippen molar-refractivity contribution in [3.05, 3.63) is 23.8 Å². The van der Waals surface area contributed by atoms with E-state index in [1.54, 1.807) is 19.2 Å². The second kappa shape index (κ2) is 6.91. The fourth-order valence-corrected chi connectivity index (χ4v) is 1.93. The molecule has 108 valence electrons. The average molecular weight is 278 g/mol. The quantitative estimate of drug-likeness (QED) is 0.751. The summed E-state index contributed by atoms with van der Waals surface area (Å²) >= 11 is 0. The molecule has 0 fully saturated rings. The van der Waals surface area contributed by atoms with Crippen molar-refractivity contribution < 1.29 is 19.1 Å². The number of methoxy groups -OCH3 is 1. The highest BCUT2D eigenvalue weighted by Crippen LogP contribution is 2.26. The van der Waals surface area contributed by atoms with Crippen LogP contribution in [0.15, 0.2) is 18.2 Å². The van der Waals surface area contributed by atoms with Crippen molar-refractivity contribution in [3.63, 3.8) is 0 Å². The fraction of sp³-hybridized carbons (Fsp3) is 0.429. The van der Waals surface area contributed by atoms with Crippen LogP contribution < -0.4 is 15.4 Å². The Morgan fingerprint density at radius 2 is 2.25 bits per heavy atom. The van der Waals surface area contributed by atoms with Crippen LogP contribution in [0.5, 0.6) is 5.75 Å². The average Bonchev–Trinajstić information content (AvgIpc) is 2.45. The number of ether oxygens (including phenoxy) is 2. The van der Waals surface area contributed by atoms with Crippen molar-refractivity contribution in [1.82, 2.24) is 5.32 Å². The largest absolute Gasteiger partial charge is 0.484 e. The molecule has 0 aromatic heterocycles. The number of nitrogens with one attached hydrogen (secondary N) is 2. The standard InChI is InChI=1S/C14H18N2O4/c1-19-7-6-15-14(18)9-20-11-4-2-10-3-5-13(17)16-12(10)8-11/h2,4,8H,3,5-7,9H2,1H3,(H,15,18)(H,16,17). The lowest BCUT2D eigenvalue weighted by Crippen LogP contribution is -2.31. The van der Waals surface area contributed by atoms with Crippen LogP contribution in [0.2, 0.25) is 0 Å². The molecule has 0 atom stereocenters. The first-order chi connectivity index (χ1) is 9.69. The number of carbonyl (C=O) groups is 2. The SMILES string of the molecule is COCCNC(=O)COc1ccc2c(c1)NC(=O)CC2. The van der Waals surface area contributed by atoms with Crippen molar-refractivity contribution in [2.75, 3.05) is 32.2 Å². The van der Waals surface area contributed by atoms with Gasteiger partial charge in [0.05, 0.1) is 6.61 Å². The van der Waals surface area contributed by atoms with Gasteiger partial charge in [-0.2, -0.15) is 0 Å². The molecule has 1 aliphatic heterocycles. The van der Waals surface area contributed by atoms with Gasteiger partial charge in [-0.3, -0.25) is 9.59 Å². The topological polar surface area (TPSA) is 76.7 Å². The van der Waals surface area contributed by atoms with Gasteiger partial charge in [-0.1, -0.05) is 6.07 Å². The Labute approximate surface area is 117 Å².